The average molecular weight is 259 g/mol. The van der Waals surface area contributed by atoms with Gasteiger partial charge >= 0.3 is 0 Å². The zero-order chi connectivity index (χ0) is 13.2. The number of carbonyl (C=O) groups is 1. The minimum atomic E-state index is -0.115. The van der Waals surface area contributed by atoms with Gasteiger partial charge in [0.05, 0.1) is 19.3 Å². The van der Waals surface area contributed by atoms with Crippen LogP contribution in [0.1, 0.15) is 13.3 Å². The second-order valence-corrected chi connectivity index (χ2v) is 4.52. The molecule has 1 heterocycles. The Morgan fingerprint density at radius 3 is 2.78 bits per heavy atom. The van der Waals surface area contributed by atoms with Gasteiger partial charge in [0.25, 0.3) is 0 Å². The van der Waals surface area contributed by atoms with Crippen molar-refractivity contribution in [3.05, 3.63) is 0 Å². The highest BCUT2D eigenvalue weighted by atomic mass is 16.5. The molecule has 0 aromatic heterocycles. The van der Waals surface area contributed by atoms with E-state index in [2.05, 4.69) is 22.9 Å². The molecule has 1 aliphatic heterocycles. The van der Waals surface area contributed by atoms with Gasteiger partial charge in [-0.1, -0.05) is 0 Å². The molecule has 106 valence electrons. The van der Waals surface area contributed by atoms with Crippen LogP contribution in [0.4, 0.5) is 0 Å². The van der Waals surface area contributed by atoms with E-state index in [0.717, 1.165) is 13.0 Å². The summed E-state index contributed by atoms with van der Waals surface area (Å²) >= 11 is 0. The van der Waals surface area contributed by atoms with Crippen LogP contribution in [0.25, 0.3) is 0 Å². The molecule has 2 atom stereocenters. The highest BCUT2D eigenvalue weighted by Crippen LogP contribution is 1.93. The molecule has 3 N–H and O–H groups in total. The first-order valence-corrected chi connectivity index (χ1v) is 6.55. The quantitative estimate of drug-likeness (QED) is 0.493. The Kier molecular flexibility index (Phi) is 7.91. The average Bonchev–Trinajstić information content (AvgIpc) is 2.38. The lowest BCUT2D eigenvalue weighted by Crippen LogP contribution is -2.58. The minimum absolute atomic E-state index is 0.0614. The first-order valence-electron chi connectivity index (χ1n) is 6.55. The van der Waals surface area contributed by atoms with Gasteiger partial charge in [-0.3, -0.25) is 4.79 Å². The zero-order valence-corrected chi connectivity index (χ0v) is 11.3. The SMILES string of the molecule is COCCOCCCNC(=O)C1CNC(C)CN1. The standard InChI is InChI=1S/C12H25N3O3/c1-10-8-15-11(9-14-10)12(16)13-4-3-5-18-7-6-17-2/h10-11,14-15H,3-9H2,1-2H3,(H,13,16). The topological polar surface area (TPSA) is 71.6 Å². The lowest BCUT2D eigenvalue weighted by Gasteiger charge is -2.28. The monoisotopic (exact) mass is 259 g/mol. The van der Waals surface area contributed by atoms with Crippen molar-refractivity contribution in [1.29, 1.82) is 0 Å². The number of ether oxygens (including phenoxy) is 2. The van der Waals surface area contributed by atoms with Crippen molar-refractivity contribution in [3.8, 4) is 0 Å². The third kappa shape index (κ3) is 6.30. The van der Waals surface area contributed by atoms with E-state index in [9.17, 15) is 4.79 Å². The predicted octanol–water partition coefficient (Wildman–Crippen LogP) is -0.894. The molecule has 0 bridgehead atoms. The number of hydrogen-bond donors (Lipinski definition) is 3. The van der Waals surface area contributed by atoms with Crippen LogP contribution in [-0.2, 0) is 14.3 Å². The number of piperazine rings is 1. The van der Waals surface area contributed by atoms with Crippen molar-refractivity contribution < 1.29 is 14.3 Å². The van der Waals surface area contributed by atoms with Crippen molar-refractivity contribution in [2.45, 2.75) is 25.4 Å². The summed E-state index contributed by atoms with van der Waals surface area (Å²) < 4.78 is 10.2. The zero-order valence-electron chi connectivity index (χ0n) is 11.3. The van der Waals surface area contributed by atoms with Gasteiger partial charge in [0, 0.05) is 39.4 Å². The molecule has 1 rings (SSSR count). The molecule has 1 aliphatic rings. The molecular formula is C12H25N3O3. The van der Waals surface area contributed by atoms with E-state index in [-0.39, 0.29) is 11.9 Å². The van der Waals surface area contributed by atoms with E-state index >= 15 is 0 Å². The Morgan fingerprint density at radius 2 is 2.11 bits per heavy atom. The number of hydrogen-bond acceptors (Lipinski definition) is 5. The molecule has 6 heteroatoms. The van der Waals surface area contributed by atoms with Gasteiger partial charge in [0.15, 0.2) is 0 Å². The Hall–Kier alpha value is -0.690. The summed E-state index contributed by atoms with van der Waals surface area (Å²) in [6.45, 7) is 6.14. The highest BCUT2D eigenvalue weighted by molar-refractivity contribution is 5.82. The van der Waals surface area contributed by atoms with Gasteiger partial charge in [0.2, 0.25) is 5.91 Å². The molecule has 1 saturated heterocycles. The number of nitrogens with one attached hydrogen (secondary N) is 3. The van der Waals surface area contributed by atoms with E-state index in [1.54, 1.807) is 7.11 Å². The van der Waals surface area contributed by atoms with Gasteiger partial charge < -0.3 is 25.4 Å². The summed E-state index contributed by atoms with van der Waals surface area (Å²) in [6, 6.07) is 0.318. The minimum Gasteiger partial charge on any atom is -0.382 e. The fraction of sp³-hybridized carbons (Fsp3) is 0.917. The van der Waals surface area contributed by atoms with Gasteiger partial charge in [-0.15, -0.1) is 0 Å². The van der Waals surface area contributed by atoms with Gasteiger partial charge in [-0.2, -0.15) is 0 Å². The predicted molar refractivity (Wildman–Crippen MR) is 69.6 cm³/mol. The molecule has 18 heavy (non-hydrogen) atoms. The highest BCUT2D eigenvalue weighted by Gasteiger charge is 2.22. The van der Waals surface area contributed by atoms with Crippen molar-refractivity contribution in [2.75, 3.05) is 46.6 Å². The van der Waals surface area contributed by atoms with Crippen LogP contribution in [0.3, 0.4) is 0 Å². The molecule has 1 fully saturated rings. The number of methoxy groups -OCH3 is 1. The van der Waals surface area contributed by atoms with E-state index in [1.807, 2.05) is 0 Å². The smallest absolute Gasteiger partial charge is 0.238 e. The first-order chi connectivity index (χ1) is 8.74. The van der Waals surface area contributed by atoms with E-state index in [0.29, 0.717) is 39.0 Å². The maximum atomic E-state index is 11.8. The van der Waals surface area contributed by atoms with Gasteiger partial charge in [-0.25, -0.2) is 0 Å². The molecule has 0 saturated carbocycles. The molecule has 0 aromatic carbocycles. The second-order valence-electron chi connectivity index (χ2n) is 4.52. The second kappa shape index (κ2) is 9.27. The molecule has 0 aromatic rings. The van der Waals surface area contributed by atoms with Crippen LogP contribution >= 0.6 is 0 Å². The lowest BCUT2D eigenvalue weighted by molar-refractivity contribution is -0.123. The Labute approximate surface area is 109 Å². The van der Waals surface area contributed by atoms with E-state index in [1.165, 1.54) is 0 Å². The summed E-state index contributed by atoms with van der Waals surface area (Å²) in [4.78, 5) is 11.8. The molecule has 0 aliphatic carbocycles. The third-order valence-corrected chi connectivity index (χ3v) is 2.85. The molecule has 2 unspecified atom stereocenters. The lowest BCUT2D eigenvalue weighted by atomic mass is 10.1. The number of rotatable bonds is 8. The maximum absolute atomic E-state index is 11.8. The fourth-order valence-corrected chi connectivity index (χ4v) is 1.72. The Balaban J connectivity index is 1.96. The van der Waals surface area contributed by atoms with E-state index < -0.39 is 0 Å². The van der Waals surface area contributed by atoms with Crippen molar-refractivity contribution in [3.63, 3.8) is 0 Å². The summed E-state index contributed by atoms with van der Waals surface area (Å²) in [5.41, 5.74) is 0. The van der Waals surface area contributed by atoms with Gasteiger partial charge in [0.1, 0.15) is 0 Å². The molecule has 0 spiro atoms. The molecular weight excluding hydrogens is 234 g/mol. The van der Waals surface area contributed by atoms with Crippen LogP contribution in [0.2, 0.25) is 0 Å². The summed E-state index contributed by atoms with van der Waals surface area (Å²) in [5, 5.41) is 9.40. The van der Waals surface area contributed by atoms with Crippen LogP contribution in [-0.4, -0.2) is 64.6 Å². The van der Waals surface area contributed by atoms with Crippen LogP contribution < -0.4 is 16.0 Å². The summed E-state index contributed by atoms with van der Waals surface area (Å²) in [7, 11) is 1.65. The van der Waals surface area contributed by atoms with Gasteiger partial charge in [-0.05, 0) is 13.3 Å². The van der Waals surface area contributed by atoms with Crippen LogP contribution in [0, 0.1) is 0 Å². The Bertz CT molecular complexity index is 231. The summed E-state index contributed by atoms with van der Waals surface area (Å²) in [6.07, 6.45) is 0.825. The number of carbonyl (C=O) groups excluding carboxylic acids is 1. The summed E-state index contributed by atoms with van der Waals surface area (Å²) in [5.74, 6) is 0.0614. The Morgan fingerprint density at radius 1 is 1.28 bits per heavy atom. The van der Waals surface area contributed by atoms with E-state index in [4.69, 9.17) is 9.47 Å². The normalized spacial score (nSPS) is 23.9. The third-order valence-electron chi connectivity index (χ3n) is 2.85. The molecule has 1 amide bonds. The molecule has 0 radical (unpaired) electrons. The first kappa shape index (κ1) is 15.4. The van der Waals surface area contributed by atoms with Crippen molar-refractivity contribution >= 4 is 5.91 Å². The maximum Gasteiger partial charge on any atom is 0.238 e. The van der Waals surface area contributed by atoms with Crippen LogP contribution in [0.5, 0.6) is 0 Å². The number of amides is 1. The van der Waals surface area contributed by atoms with Crippen molar-refractivity contribution in [1.82, 2.24) is 16.0 Å². The molecule has 6 nitrogen and oxygen atoms in total. The van der Waals surface area contributed by atoms with Crippen LogP contribution in [0.15, 0.2) is 0 Å². The largest absolute Gasteiger partial charge is 0.382 e. The van der Waals surface area contributed by atoms with Crippen molar-refractivity contribution in [2.24, 2.45) is 0 Å². The fourth-order valence-electron chi connectivity index (χ4n) is 1.72.